The number of hydrogen-bond donors (Lipinski definition) is 0. The first kappa shape index (κ1) is 14.0. The van der Waals surface area contributed by atoms with Crippen molar-refractivity contribution in [1.29, 1.82) is 0 Å². The number of hydrogen-bond acceptors (Lipinski definition) is 3. The molecule has 0 radical (unpaired) electrons. The van der Waals surface area contributed by atoms with Crippen molar-refractivity contribution in [2.45, 2.75) is 19.8 Å². The van der Waals surface area contributed by atoms with Crippen LogP contribution >= 0.6 is 22.9 Å². The van der Waals surface area contributed by atoms with Gasteiger partial charge in [-0.15, -0.1) is 11.3 Å². The molecule has 0 aliphatic carbocycles. The lowest BCUT2D eigenvalue weighted by atomic mass is 10.0. The summed E-state index contributed by atoms with van der Waals surface area (Å²) in [6, 6.07) is 8.84. The summed E-state index contributed by atoms with van der Waals surface area (Å²) in [6.07, 6.45) is 0.459. The molecule has 1 heterocycles. The molecule has 0 spiro atoms. The van der Waals surface area contributed by atoms with Crippen LogP contribution in [0, 0.1) is 6.92 Å². The van der Waals surface area contributed by atoms with Gasteiger partial charge in [0.05, 0.1) is 4.88 Å². The van der Waals surface area contributed by atoms with Gasteiger partial charge in [0.1, 0.15) is 0 Å². The first-order valence-corrected chi connectivity index (χ1v) is 7.20. The molecule has 0 aliphatic rings. The van der Waals surface area contributed by atoms with Crippen LogP contribution in [0.15, 0.2) is 35.7 Å². The molecule has 0 unspecified atom stereocenters. The van der Waals surface area contributed by atoms with Gasteiger partial charge in [-0.2, -0.15) is 0 Å². The summed E-state index contributed by atoms with van der Waals surface area (Å²) in [7, 11) is 0. The third-order valence-electron chi connectivity index (χ3n) is 2.87. The first-order valence-electron chi connectivity index (χ1n) is 5.94. The van der Waals surface area contributed by atoms with Gasteiger partial charge in [0.25, 0.3) is 0 Å². The van der Waals surface area contributed by atoms with Crippen LogP contribution in [0.5, 0.6) is 0 Å². The lowest BCUT2D eigenvalue weighted by molar-refractivity contribution is 0.0919. The standard InChI is InChI=1S/C15H13ClO2S/c1-10-4-5-11(9-12(10)16)13(17)6-7-14(18)15-3-2-8-19-15/h2-5,8-9H,6-7H2,1H3. The second-order valence-corrected chi connectivity index (χ2v) is 5.64. The predicted octanol–water partition coefficient (Wildman–Crippen LogP) is 4.56. The second kappa shape index (κ2) is 6.13. The highest BCUT2D eigenvalue weighted by Crippen LogP contribution is 2.19. The molecule has 0 saturated carbocycles. The molecule has 0 aliphatic heterocycles. The van der Waals surface area contributed by atoms with E-state index in [1.54, 1.807) is 18.2 Å². The summed E-state index contributed by atoms with van der Waals surface area (Å²) in [4.78, 5) is 24.5. The summed E-state index contributed by atoms with van der Waals surface area (Å²) in [5.41, 5.74) is 1.50. The van der Waals surface area contributed by atoms with Gasteiger partial charge in [0.15, 0.2) is 11.6 Å². The Morgan fingerprint density at radius 1 is 1.16 bits per heavy atom. The minimum atomic E-state index is -0.0493. The topological polar surface area (TPSA) is 34.1 Å². The quantitative estimate of drug-likeness (QED) is 0.757. The molecule has 0 saturated heterocycles. The predicted molar refractivity (Wildman–Crippen MR) is 78.4 cm³/mol. The van der Waals surface area contributed by atoms with Crippen molar-refractivity contribution in [3.8, 4) is 0 Å². The largest absolute Gasteiger partial charge is 0.294 e. The van der Waals surface area contributed by atoms with Crippen LogP contribution in [0.2, 0.25) is 5.02 Å². The molecule has 2 rings (SSSR count). The highest BCUT2D eigenvalue weighted by atomic mass is 35.5. The van der Waals surface area contributed by atoms with Crippen molar-refractivity contribution in [3.63, 3.8) is 0 Å². The van der Waals surface area contributed by atoms with E-state index in [2.05, 4.69) is 0 Å². The summed E-state index contributed by atoms with van der Waals surface area (Å²) < 4.78 is 0. The van der Waals surface area contributed by atoms with E-state index < -0.39 is 0 Å². The van der Waals surface area contributed by atoms with E-state index in [9.17, 15) is 9.59 Å². The molecular formula is C15H13ClO2S. The van der Waals surface area contributed by atoms with Crippen LogP contribution in [0.4, 0.5) is 0 Å². The fraction of sp³-hybridized carbons (Fsp3) is 0.200. The fourth-order valence-corrected chi connectivity index (χ4v) is 2.57. The van der Waals surface area contributed by atoms with Crippen molar-refractivity contribution in [2.75, 3.05) is 0 Å². The Balaban J connectivity index is 1.98. The van der Waals surface area contributed by atoms with Gasteiger partial charge < -0.3 is 0 Å². The van der Waals surface area contributed by atoms with Crippen LogP contribution < -0.4 is 0 Å². The van der Waals surface area contributed by atoms with Crippen molar-refractivity contribution >= 4 is 34.5 Å². The summed E-state index contributed by atoms with van der Waals surface area (Å²) in [5, 5.41) is 2.44. The van der Waals surface area contributed by atoms with Crippen molar-refractivity contribution in [2.24, 2.45) is 0 Å². The smallest absolute Gasteiger partial charge is 0.173 e. The molecule has 0 fully saturated rings. The fourth-order valence-electron chi connectivity index (χ4n) is 1.70. The van der Waals surface area contributed by atoms with Gasteiger partial charge in [-0.25, -0.2) is 0 Å². The van der Waals surface area contributed by atoms with E-state index in [1.807, 2.05) is 24.4 Å². The Kier molecular flexibility index (Phi) is 4.51. The minimum Gasteiger partial charge on any atom is -0.294 e. The van der Waals surface area contributed by atoms with E-state index in [0.29, 0.717) is 15.5 Å². The molecule has 0 atom stereocenters. The second-order valence-electron chi connectivity index (χ2n) is 4.29. The number of rotatable bonds is 5. The Labute approximate surface area is 121 Å². The van der Waals surface area contributed by atoms with Crippen LogP contribution in [0.3, 0.4) is 0 Å². The van der Waals surface area contributed by atoms with Gasteiger partial charge >= 0.3 is 0 Å². The van der Waals surface area contributed by atoms with Gasteiger partial charge in [-0.3, -0.25) is 9.59 Å². The van der Waals surface area contributed by atoms with Crippen LogP contribution in [0.25, 0.3) is 0 Å². The maximum Gasteiger partial charge on any atom is 0.173 e. The highest BCUT2D eigenvalue weighted by molar-refractivity contribution is 7.12. The minimum absolute atomic E-state index is 0.0153. The van der Waals surface area contributed by atoms with E-state index in [-0.39, 0.29) is 24.4 Å². The number of carbonyl (C=O) groups is 2. The monoisotopic (exact) mass is 292 g/mol. The Hall–Kier alpha value is -1.45. The first-order chi connectivity index (χ1) is 9.08. The lowest BCUT2D eigenvalue weighted by Gasteiger charge is -2.03. The normalized spacial score (nSPS) is 10.4. The average Bonchev–Trinajstić information content (AvgIpc) is 2.92. The molecule has 0 N–H and O–H groups in total. The van der Waals surface area contributed by atoms with Gasteiger partial charge in [0.2, 0.25) is 0 Å². The van der Waals surface area contributed by atoms with Gasteiger partial charge in [-0.1, -0.05) is 29.8 Å². The molecule has 2 nitrogen and oxygen atoms in total. The van der Waals surface area contributed by atoms with Crippen LogP contribution in [0.1, 0.15) is 38.4 Å². The number of ketones is 2. The van der Waals surface area contributed by atoms with Gasteiger partial charge in [-0.05, 0) is 30.0 Å². The number of thiophene rings is 1. The summed E-state index contributed by atoms with van der Waals surface area (Å²) in [5.74, 6) is -0.0339. The number of benzene rings is 1. The molecule has 0 bridgehead atoms. The molecule has 4 heteroatoms. The molecule has 1 aromatic carbocycles. The molecule has 1 aromatic heterocycles. The van der Waals surface area contributed by atoms with E-state index >= 15 is 0 Å². The maximum atomic E-state index is 12.0. The van der Waals surface area contributed by atoms with Crippen LogP contribution in [-0.4, -0.2) is 11.6 Å². The number of halogens is 1. The lowest BCUT2D eigenvalue weighted by Crippen LogP contribution is -2.04. The zero-order chi connectivity index (χ0) is 13.8. The third-order valence-corrected chi connectivity index (χ3v) is 4.19. The van der Waals surface area contributed by atoms with Crippen molar-refractivity contribution < 1.29 is 9.59 Å². The molecule has 0 amide bonds. The molecular weight excluding hydrogens is 280 g/mol. The molecule has 98 valence electrons. The number of Topliss-reactive ketones (excluding diaryl/α,β-unsaturated/α-hetero) is 2. The van der Waals surface area contributed by atoms with E-state index in [4.69, 9.17) is 11.6 Å². The van der Waals surface area contributed by atoms with Gasteiger partial charge in [0, 0.05) is 23.4 Å². The zero-order valence-electron chi connectivity index (χ0n) is 10.5. The van der Waals surface area contributed by atoms with Crippen molar-refractivity contribution in [1.82, 2.24) is 0 Å². The van der Waals surface area contributed by atoms with Crippen molar-refractivity contribution in [3.05, 3.63) is 56.7 Å². The maximum absolute atomic E-state index is 12.0. The Bertz CT molecular complexity index is 603. The third kappa shape index (κ3) is 3.52. The average molecular weight is 293 g/mol. The highest BCUT2D eigenvalue weighted by Gasteiger charge is 2.12. The summed E-state index contributed by atoms with van der Waals surface area (Å²) in [6.45, 7) is 1.89. The summed E-state index contributed by atoms with van der Waals surface area (Å²) >= 11 is 7.39. The van der Waals surface area contributed by atoms with E-state index in [1.165, 1.54) is 11.3 Å². The number of aryl methyl sites for hydroxylation is 1. The SMILES string of the molecule is Cc1ccc(C(=O)CCC(=O)c2cccs2)cc1Cl. The Morgan fingerprint density at radius 3 is 2.53 bits per heavy atom. The molecule has 19 heavy (non-hydrogen) atoms. The number of carbonyl (C=O) groups excluding carboxylic acids is 2. The Morgan fingerprint density at radius 2 is 1.89 bits per heavy atom. The zero-order valence-corrected chi connectivity index (χ0v) is 12.1. The van der Waals surface area contributed by atoms with Crippen LogP contribution in [-0.2, 0) is 0 Å². The van der Waals surface area contributed by atoms with E-state index in [0.717, 1.165) is 5.56 Å². The molecule has 2 aromatic rings.